The van der Waals surface area contributed by atoms with Crippen LogP contribution in [0.25, 0.3) is 0 Å². The standard InChI is InChI=1S/C15H22O3/c1-10(2)15(17)18-8-6-14-12-4-3-11(9-12)13(14)5-7-16/h3-4,11-14,16H,1,5-9H2,2H3. The molecule has 0 aromatic carbocycles. The summed E-state index contributed by atoms with van der Waals surface area (Å²) in [5.41, 5.74) is 0.453. The molecule has 0 aromatic rings. The molecule has 2 rings (SSSR count). The fourth-order valence-corrected chi connectivity index (χ4v) is 3.44. The van der Waals surface area contributed by atoms with Gasteiger partial charge in [-0.2, -0.15) is 0 Å². The zero-order valence-electron chi connectivity index (χ0n) is 11.0. The number of fused-ring (bicyclic) bond motifs is 2. The smallest absolute Gasteiger partial charge is 0.333 e. The lowest BCUT2D eigenvalue weighted by Gasteiger charge is -2.27. The van der Waals surface area contributed by atoms with Gasteiger partial charge in [0.15, 0.2) is 0 Å². The van der Waals surface area contributed by atoms with Crippen molar-refractivity contribution in [3.8, 4) is 0 Å². The van der Waals surface area contributed by atoms with Crippen LogP contribution in [0.5, 0.6) is 0 Å². The second-order valence-electron chi connectivity index (χ2n) is 5.49. The van der Waals surface area contributed by atoms with Crippen LogP contribution in [-0.2, 0) is 9.53 Å². The van der Waals surface area contributed by atoms with Crippen LogP contribution in [-0.4, -0.2) is 24.3 Å². The molecule has 0 amide bonds. The first-order valence-electron chi connectivity index (χ1n) is 6.75. The van der Waals surface area contributed by atoms with E-state index >= 15 is 0 Å². The number of allylic oxidation sites excluding steroid dienone is 2. The zero-order chi connectivity index (χ0) is 13.1. The monoisotopic (exact) mass is 250 g/mol. The molecule has 0 heterocycles. The third kappa shape index (κ3) is 2.66. The second kappa shape index (κ2) is 5.70. The minimum atomic E-state index is -0.299. The van der Waals surface area contributed by atoms with E-state index in [1.807, 2.05) is 0 Å². The Bertz CT molecular complexity index is 359. The van der Waals surface area contributed by atoms with E-state index in [0.717, 1.165) is 12.8 Å². The molecule has 1 saturated carbocycles. The Morgan fingerprint density at radius 1 is 1.33 bits per heavy atom. The molecule has 0 saturated heterocycles. The largest absolute Gasteiger partial charge is 0.462 e. The molecule has 0 aliphatic heterocycles. The van der Waals surface area contributed by atoms with Crippen molar-refractivity contribution in [1.82, 2.24) is 0 Å². The number of rotatable bonds is 6. The number of carbonyl (C=O) groups excluding carboxylic acids is 1. The van der Waals surface area contributed by atoms with Crippen LogP contribution in [0.4, 0.5) is 0 Å². The van der Waals surface area contributed by atoms with Crippen LogP contribution < -0.4 is 0 Å². The van der Waals surface area contributed by atoms with Gasteiger partial charge in [-0.15, -0.1) is 0 Å². The van der Waals surface area contributed by atoms with Crippen LogP contribution in [0.3, 0.4) is 0 Å². The van der Waals surface area contributed by atoms with E-state index in [4.69, 9.17) is 9.84 Å². The first-order valence-corrected chi connectivity index (χ1v) is 6.75. The highest BCUT2D eigenvalue weighted by Crippen LogP contribution is 2.50. The predicted molar refractivity (Wildman–Crippen MR) is 69.8 cm³/mol. The van der Waals surface area contributed by atoms with Crippen molar-refractivity contribution in [1.29, 1.82) is 0 Å². The number of hydrogen-bond acceptors (Lipinski definition) is 3. The highest BCUT2D eigenvalue weighted by molar-refractivity contribution is 5.86. The summed E-state index contributed by atoms with van der Waals surface area (Å²) in [7, 11) is 0. The number of carbonyl (C=O) groups is 1. The van der Waals surface area contributed by atoms with E-state index in [0.29, 0.717) is 35.9 Å². The lowest BCUT2D eigenvalue weighted by atomic mass is 9.79. The van der Waals surface area contributed by atoms with E-state index < -0.39 is 0 Å². The normalized spacial score (nSPS) is 32.8. The number of hydrogen-bond donors (Lipinski definition) is 1. The fourth-order valence-electron chi connectivity index (χ4n) is 3.44. The summed E-state index contributed by atoms with van der Waals surface area (Å²) in [4.78, 5) is 11.3. The molecule has 2 aliphatic carbocycles. The van der Waals surface area contributed by atoms with Crippen molar-refractivity contribution in [2.75, 3.05) is 13.2 Å². The third-order valence-corrected chi connectivity index (χ3v) is 4.29. The molecule has 3 nitrogen and oxygen atoms in total. The van der Waals surface area contributed by atoms with Gasteiger partial charge in [-0.1, -0.05) is 18.7 Å². The molecule has 2 bridgehead atoms. The van der Waals surface area contributed by atoms with Crippen molar-refractivity contribution in [3.05, 3.63) is 24.3 Å². The fraction of sp³-hybridized carbons (Fsp3) is 0.667. The van der Waals surface area contributed by atoms with Crippen molar-refractivity contribution in [2.24, 2.45) is 23.7 Å². The number of ether oxygens (including phenoxy) is 1. The minimum absolute atomic E-state index is 0.254. The van der Waals surface area contributed by atoms with E-state index in [2.05, 4.69) is 18.7 Å². The highest BCUT2D eigenvalue weighted by Gasteiger charge is 2.43. The molecule has 4 atom stereocenters. The Kier molecular flexibility index (Phi) is 4.23. The van der Waals surface area contributed by atoms with Crippen LogP contribution in [0.1, 0.15) is 26.2 Å². The van der Waals surface area contributed by atoms with Gasteiger partial charge < -0.3 is 9.84 Å². The summed E-state index contributed by atoms with van der Waals surface area (Å²) >= 11 is 0. The molecule has 4 unspecified atom stereocenters. The van der Waals surface area contributed by atoms with Crippen molar-refractivity contribution < 1.29 is 14.6 Å². The summed E-state index contributed by atoms with van der Waals surface area (Å²) in [6, 6.07) is 0. The first-order chi connectivity index (χ1) is 8.63. The maximum Gasteiger partial charge on any atom is 0.333 e. The van der Waals surface area contributed by atoms with Gasteiger partial charge in [0.05, 0.1) is 6.61 Å². The van der Waals surface area contributed by atoms with E-state index in [9.17, 15) is 4.79 Å². The molecule has 1 N–H and O–H groups in total. The van der Waals surface area contributed by atoms with Gasteiger partial charge in [0, 0.05) is 12.2 Å². The second-order valence-corrected chi connectivity index (χ2v) is 5.49. The molecule has 18 heavy (non-hydrogen) atoms. The first kappa shape index (κ1) is 13.3. The summed E-state index contributed by atoms with van der Waals surface area (Å²) < 4.78 is 5.17. The Labute approximate surface area is 109 Å². The van der Waals surface area contributed by atoms with Gasteiger partial charge in [-0.3, -0.25) is 0 Å². The minimum Gasteiger partial charge on any atom is -0.462 e. The third-order valence-electron chi connectivity index (χ3n) is 4.29. The molecule has 1 fully saturated rings. The average molecular weight is 250 g/mol. The Morgan fingerprint density at radius 2 is 1.94 bits per heavy atom. The topological polar surface area (TPSA) is 46.5 Å². The van der Waals surface area contributed by atoms with Crippen molar-refractivity contribution >= 4 is 5.97 Å². The molecule has 100 valence electrons. The summed E-state index contributed by atoms with van der Waals surface area (Å²) in [5.74, 6) is 2.07. The summed E-state index contributed by atoms with van der Waals surface area (Å²) in [6.45, 7) is 5.95. The number of aliphatic hydroxyl groups excluding tert-OH is 1. The SMILES string of the molecule is C=C(C)C(=O)OCCC1C2C=CC(C2)C1CCO. The molecule has 0 spiro atoms. The number of esters is 1. The molecular weight excluding hydrogens is 228 g/mol. The molecule has 0 radical (unpaired) electrons. The quantitative estimate of drug-likeness (QED) is 0.447. The van der Waals surface area contributed by atoms with Gasteiger partial charge in [0.25, 0.3) is 0 Å². The van der Waals surface area contributed by atoms with Gasteiger partial charge >= 0.3 is 5.97 Å². The molecule has 2 aliphatic rings. The average Bonchev–Trinajstić information content (AvgIpc) is 2.91. The van der Waals surface area contributed by atoms with Gasteiger partial charge in [-0.05, 0) is 49.9 Å². The van der Waals surface area contributed by atoms with Crippen LogP contribution in [0.2, 0.25) is 0 Å². The van der Waals surface area contributed by atoms with E-state index in [1.165, 1.54) is 6.42 Å². The molecular formula is C15H22O3. The van der Waals surface area contributed by atoms with Crippen molar-refractivity contribution in [3.63, 3.8) is 0 Å². The van der Waals surface area contributed by atoms with E-state index in [-0.39, 0.29) is 12.6 Å². The van der Waals surface area contributed by atoms with Crippen molar-refractivity contribution in [2.45, 2.75) is 26.2 Å². The maximum atomic E-state index is 11.3. The maximum absolute atomic E-state index is 11.3. The number of aliphatic hydroxyl groups is 1. The van der Waals surface area contributed by atoms with Crippen LogP contribution in [0.15, 0.2) is 24.3 Å². The zero-order valence-corrected chi connectivity index (χ0v) is 11.0. The van der Waals surface area contributed by atoms with Gasteiger partial charge in [0.1, 0.15) is 0 Å². The van der Waals surface area contributed by atoms with Gasteiger partial charge in [0.2, 0.25) is 0 Å². The highest BCUT2D eigenvalue weighted by atomic mass is 16.5. The molecule has 0 aromatic heterocycles. The lowest BCUT2D eigenvalue weighted by molar-refractivity contribution is -0.139. The Hall–Kier alpha value is -1.09. The van der Waals surface area contributed by atoms with Crippen LogP contribution in [0, 0.1) is 23.7 Å². The van der Waals surface area contributed by atoms with Gasteiger partial charge in [-0.25, -0.2) is 4.79 Å². The molecule has 3 heteroatoms. The van der Waals surface area contributed by atoms with Crippen LogP contribution >= 0.6 is 0 Å². The Balaban J connectivity index is 1.83. The summed E-state index contributed by atoms with van der Waals surface area (Å²) in [6.07, 6.45) is 7.56. The Morgan fingerprint density at radius 3 is 2.50 bits per heavy atom. The lowest BCUT2D eigenvalue weighted by Crippen LogP contribution is -2.23. The predicted octanol–water partition coefficient (Wildman–Crippen LogP) is 2.32. The summed E-state index contributed by atoms with van der Waals surface area (Å²) in [5, 5.41) is 9.14. The van der Waals surface area contributed by atoms with E-state index in [1.54, 1.807) is 6.92 Å².